The van der Waals surface area contributed by atoms with Gasteiger partial charge in [0.25, 0.3) is 15.9 Å². The molecule has 0 bridgehead atoms. The quantitative estimate of drug-likeness (QED) is 0.688. The van der Waals surface area contributed by atoms with Crippen molar-refractivity contribution in [1.82, 2.24) is 14.5 Å². The Balaban J connectivity index is 1.84. The van der Waals surface area contributed by atoms with Crippen molar-refractivity contribution in [3.8, 4) is 11.4 Å². The van der Waals surface area contributed by atoms with Crippen LogP contribution in [-0.4, -0.2) is 30.7 Å². The Bertz CT molecular complexity index is 1100. The third-order valence-electron chi connectivity index (χ3n) is 4.27. The maximum absolute atomic E-state index is 12.6. The van der Waals surface area contributed by atoms with Crippen molar-refractivity contribution in [2.75, 3.05) is 6.61 Å². The number of benzene rings is 2. The molecule has 1 N–H and O–H groups in total. The zero-order chi connectivity index (χ0) is 20.3. The van der Waals surface area contributed by atoms with Gasteiger partial charge in [-0.2, -0.15) is 5.10 Å². The molecule has 1 amide bonds. The Morgan fingerprint density at radius 1 is 1.11 bits per heavy atom. The van der Waals surface area contributed by atoms with E-state index >= 15 is 0 Å². The maximum Gasteiger partial charge on any atom is 0.268 e. The second kappa shape index (κ2) is 7.85. The number of rotatable bonds is 6. The molecule has 3 rings (SSSR count). The Labute approximate surface area is 164 Å². The van der Waals surface area contributed by atoms with Crippen molar-refractivity contribution in [1.29, 1.82) is 0 Å². The number of nitrogens with zero attached hydrogens (tertiary/aromatic N) is 2. The van der Waals surface area contributed by atoms with E-state index in [0.717, 1.165) is 11.3 Å². The average Bonchev–Trinajstić information content (AvgIpc) is 3.04. The summed E-state index contributed by atoms with van der Waals surface area (Å²) in [4.78, 5) is 12.6. The van der Waals surface area contributed by atoms with Crippen LogP contribution in [0, 0.1) is 13.8 Å². The molecule has 1 heterocycles. The predicted octanol–water partition coefficient (Wildman–Crippen LogP) is 3.01. The SMILES string of the molecule is CCOc1ccc(S(=O)(=O)NC(=O)c2cnn(-c3ccccc3C)c2C)cc1. The number of para-hydroxylation sites is 1. The Kier molecular flexibility index (Phi) is 5.51. The summed E-state index contributed by atoms with van der Waals surface area (Å²) in [6.07, 6.45) is 1.37. The Morgan fingerprint density at radius 2 is 1.79 bits per heavy atom. The van der Waals surface area contributed by atoms with Gasteiger partial charge in [-0.05, 0) is 56.7 Å². The summed E-state index contributed by atoms with van der Waals surface area (Å²) in [6, 6.07) is 13.5. The van der Waals surface area contributed by atoms with Crippen LogP contribution in [0.1, 0.15) is 28.5 Å². The molecule has 0 unspecified atom stereocenters. The molecule has 0 fully saturated rings. The van der Waals surface area contributed by atoms with Gasteiger partial charge in [-0.25, -0.2) is 17.8 Å². The number of sulfonamides is 1. The number of carbonyl (C=O) groups is 1. The van der Waals surface area contributed by atoms with E-state index in [0.29, 0.717) is 18.1 Å². The molecule has 0 saturated carbocycles. The van der Waals surface area contributed by atoms with E-state index in [1.54, 1.807) is 23.7 Å². The first-order chi connectivity index (χ1) is 13.3. The van der Waals surface area contributed by atoms with Crippen molar-refractivity contribution in [3.63, 3.8) is 0 Å². The number of carbonyl (C=O) groups excluding carboxylic acids is 1. The third kappa shape index (κ3) is 3.91. The molecule has 146 valence electrons. The molecule has 2 aromatic carbocycles. The smallest absolute Gasteiger partial charge is 0.268 e. The lowest BCUT2D eigenvalue weighted by atomic mass is 10.2. The molecule has 7 nitrogen and oxygen atoms in total. The second-order valence-corrected chi connectivity index (χ2v) is 7.86. The number of amides is 1. The van der Waals surface area contributed by atoms with Gasteiger partial charge in [0.05, 0.1) is 34.6 Å². The molecule has 0 aliphatic heterocycles. The molecular formula is C20H21N3O4S. The fourth-order valence-electron chi connectivity index (χ4n) is 2.79. The van der Waals surface area contributed by atoms with Crippen LogP contribution in [0.15, 0.2) is 59.6 Å². The van der Waals surface area contributed by atoms with Crippen LogP contribution in [0.4, 0.5) is 0 Å². The molecule has 1 aromatic heterocycles. The summed E-state index contributed by atoms with van der Waals surface area (Å²) in [5.74, 6) is -0.172. The first kappa shape index (κ1) is 19.6. The Hall–Kier alpha value is -3.13. The van der Waals surface area contributed by atoms with Crippen molar-refractivity contribution >= 4 is 15.9 Å². The minimum absolute atomic E-state index is 0.0201. The molecule has 8 heteroatoms. The molecular weight excluding hydrogens is 378 g/mol. The lowest BCUT2D eigenvalue weighted by molar-refractivity contribution is 0.0981. The summed E-state index contributed by atoms with van der Waals surface area (Å²) in [7, 11) is -4.01. The second-order valence-electron chi connectivity index (χ2n) is 6.18. The van der Waals surface area contributed by atoms with E-state index in [1.807, 2.05) is 38.1 Å². The van der Waals surface area contributed by atoms with Gasteiger partial charge >= 0.3 is 0 Å². The van der Waals surface area contributed by atoms with Gasteiger partial charge in [0.1, 0.15) is 5.75 Å². The lowest BCUT2D eigenvalue weighted by Crippen LogP contribution is -2.30. The number of hydrogen-bond donors (Lipinski definition) is 1. The summed E-state index contributed by atoms with van der Waals surface area (Å²) >= 11 is 0. The first-order valence-electron chi connectivity index (χ1n) is 8.74. The summed E-state index contributed by atoms with van der Waals surface area (Å²) in [6.45, 7) is 5.97. The summed E-state index contributed by atoms with van der Waals surface area (Å²) in [5, 5.41) is 4.25. The lowest BCUT2D eigenvalue weighted by Gasteiger charge is -2.10. The van der Waals surface area contributed by atoms with E-state index in [-0.39, 0.29) is 10.5 Å². The highest BCUT2D eigenvalue weighted by atomic mass is 32.2. The zero-order valence-corrected chi connectivity index (χ0v) is 16.7. The molecule has 0 aliphatic rings. The number of aryl methyl sites for hydroxylation is 1. The Morgan fingerprint density at radius 3 is 2.43 bits per heavy atom. The largest absolute Gasteiger partial charge is 0.494 e. The van der Waals surface area contributed by atoms with E-state index in [1.165, 1.54) is 18.3 Å². The van der Waals surface area contributed by atoms with Gasteiger partial charge in [-0.15, -0.1) is 0 Å². The fourth-order valence-corrected chi connectivity index (χ4v) is 3.76. The molecule has 0 saturated heterocycles. The summed E-state index contributed by atoms with van der Waals surface area (Å²) < 4.78 is 34.1. The van der Waals surface area contributed by atoms with Gasteiger partial charge in [0.15, 0.2) is 0 Å². The summed E-state index contributed by atoms with van der Waals surface area (Å²) in [5.41, 5.74) is 2.56. The predicted molar refractivity (Wildman–Crippen MR) is 105 cm³/mol. The standard InChI is InChI=1S/C20H21N3O4S/c1-4-27-16-9-11-17(12-10-16)28(25,26)22-20(24)18-13-21-23(15(18)3)19-8-6-5-7-14(19)2/h5-13H,4H2,1-3H3,(H,22,24). The highest BCUT2D eigenvalue weighted by Gasteiger charge is 2.22. The van der Waals surface area contributed by atoms with Crippen LogP contribution in [-0.2, 0) is 10.0 Å². The van der Waals surface area contributed by atoms with Gasteiger partial charge < -0.3 is 4.74 Å². The molecule has 3 aromatic rings. The average molecular weight is 399 g/mol. The molecule has 28 heavy (non-hydrogen) atoms. The van der Waals surface area contributed by atoms with Crippen LogP contribution in [0.25, 0.3) is 5.69 Å². The fraction of sp³-hybridized carbons (Fsp3) is 0.200. The van der Waals surface area contributed by atoms with Crippen molar-refractivity contribution in [2.45, 2.75) is 25.7 Å². The molecule has 0 atom stereocenters. The van der Waals surface area contributed by atoms with Crippen molar-refractivity contribution < 1.29 is 17.9 Å². The number of aromatic nitrogens is 2. The van der Waals surface area contributed by atoms with Crippen LogP contribution >= 0.6 is 0 Å². The molecule has 0 aliphatic carbocycles. The van der Waals surface area contributed by atoms with E-state index in [2.05, 4.69) is 9.82 Å². The highest BCUT2D eigenvalue weighted by molar-refractivity contribution is 7.90. The van der Waals surface area contributed by atoms with E-state index in [4.69, 9.17) is 4.74 Å². The van der Waals surface area contributed by atoms with Gasteiger partial charge in [-0.1, -0.05) is 18.2 Å². The minimum Gasteiger partial charge on any atom is -0.494 e. The van der Waals surface area contributed by atoms with Gasteiger partial charge in [0.2, 0.25) is 0 Å². The van der Waals surface area contributed by atoms with Crippen LogP contribution in [0.2, 0.25) is 0 Å². The molecule has 0 spiro atoms. The van der Waals surface area contributed by atoms with E-state index in [9.17, 15) is 13.2 Å². The third-order valence-corrected chi connectivity index (χ3v) is 5.62. The topological polar surface area (TPSA) is 90.3 Å². The van der Waals surface area contributed by atoms with Crippen molar-refractivity contribution in [3.05, 3.63) is 71.5 Å². The van der Waals surface area contributed by atoms with E-state index < -0.39 is 15.9 Å². The van der Waals surface area contributed by atoms with Crippen LogP contribution in [0.3, 0.4) is 0 Å². The monoisotopic (exact) mass is 399 g/mol. The minimum atomic E-state index is -4.01. The van der Waals surface area contributed by atoms with Crippen molar-refractivity contribution in [2.24, 2.45) is 0 Å². The van der Waals surface area contributed by atoms with Crippen LogP contribution in [0.5, 0.6) is 5.75 Å². The highest BCUT2D eigenvalue weighted by Crippen LogP contribution is 2.19. The zero-order valence-electron chi connectivity index (χ0n) is 15.8. The number of ether oxygens (including phenoxy) is 1. The normalized spacial score (nSPS) is 11.2. The number of hydrogen-bond acceptors (Lipinski definition) is 5. The maximum atomic E-state index is 12.6. The van der Waals surface area contributed by atoms with Gasteiger partial charge in [-0.3, -0.25) is 4.79 Å². The van der Waals surface area contributed by atoms with Crippen LogP contribution < -0.4 is 9.46 Å². The first-order valence-corrected chi connectivity index (χ1v) is 10.2. The van der Waals surface area contributed by atoms with Gasteiger partial charge in [0, 0.05) is 0 Å². The number of nitrogens with one attached hydrogen (secondary N) is 1. The molecule has 0 radical (unpaired) electrons.